The van der Waals surface area contributed by atoms with Crippen LogP contribution in [0.25, 0.3) is 0 Å². The predicted molar refractivity (Wildman–Crippen MR) is 88.2 cm³/mol. The summed E-state index contributed by atoms with van der Waals surface area (Å²) in [6, 6.07) is 10.3. The minimum atomic E-state index is -2.25. The van der Waals surface area contributed by atoms with Crippen LogP contribution < -0.4 is 19.5 Å². The summed E-state index contributed by atoms with van der Waals surface area (Å²) in [6.45, 7) is -4.19. The van der Waals surface area contributed by atoms with E-state index in [0.717, 1.165) is 0 Å². The molecule has 1 unspecified atom stereocenters. The van der Waals surface area contributed by atoms with Crippen LogP contribution in [0.4, 0.5) is 4.39 Å². The molecule has 2 aromatic carbocycles. The largest absolute Gasteiger partial charge is 0.493 e. The Hall–Kier alpha value is -2.27. The zero-order valence-electron chi connectivity index (χ0n) is 17.8. The second-order valence-corrected chi connectivity index (χ2v) is 5.65. The molecule has 0 aromatic heterocycles. The van der Waals surface area contributed by atoms with Gasteiger partial charge in [0.2, 0.25) is 6.75 Å². The van der Waals surface area contributed by atoms with Crippen molar-refractivity contribution >= 4 is 0 Å². The number of rotatable bonds is 4. The van der Waals surface area contributed by atoms with Crippen LogP contribution in [-0.4, -0.2) is 26.4 Å². The number of nitrogens with one attached hydrogen (secondary N) is 1. The van der Waals surface area contributed by atoms with Crippen LogP contribution in [0.1, 0.15) is 24.8 Å². The molecule has 24 heavy (non-hydrogen) atoms. The van der Waals surface area contributed by atoms with E-state index in [4.69, 9.17) is 21.1 Å². The second-order valence-electron chi connectivity index (χ2n) is 5.65. The molecule has 0 amide bonds. The highest BCUT2D eigenvalue weighted by Gasteiger charge is 2.27. The fourth-order valence-electron chi connectivity index (χ4n) is 2.87. The maximum Gasteiger partial charge on any atom is 0.231 e. The zero-order chi connectivity index (χ0) is 20.9. The van der Waals surface area contributed by atoms with E-state index in [1.807, 2.05) is 0 Å². The van der Waals surface area contributed by atoms with Crippen molar-refractivity contribution in [3.8, 4) is 17.2 Å². The average molecular weight is 334 g/mol. The minimum Gasteiger partial charge on any atom is -0.493 e. The number of hydrogen-bond donors (Lipinski definition) is 1. The van der Waals surface area contributed by atoms with Crippen LogP contribution >= 0.6 is 0 Å². The maximum atomic E-state index is 13.3. The van der Waals surface area contributed by atoms with E-state index in [9.17, 15) is 4.39 Å². The number of benzene rings is 2. The van der Waals surface area contributed by atoms with E-state index in [1.165, 1.54) is 24.3 Å². The van der Waals surface area contributed by atoms with Gasteiger partial charge in [0.1, 0.15) is 14.3 Å². The minimum absolute atomic E-state index is 0.173. The first-order valence-electron chi connectivity index (χ1n) is 10.3. The number of halogens is 1. The molecule has 4 nitrogen and oxygen atoms in total. The van der Waals surface area contributed by atoms with E-state index in [0.29, 0.717) is 24.3 Å². The van der Waals surface area contributed by atoms with Crippen molar-refractivity contribution in [1.82, 2.24) is 5.32 Å². The molecule has 0 bridgehead atoms. The first-order valence-corrected chi connectivity index (χ1v) is 7.75. The fraction of sp³-hybridized carbons (Fsp3) is 0.368. The van der Waals surface area contributed by atoms with Crippen LogP contribution in [-0.2, 0) is 0 Å². The van der Waals surface area contributed by atoms with Gasteiger partial charge in [-0.05, 0) is 48.7 Å². The Kier molecular flexibility index (Phi) is 2.95. The van der Waals surface area contributed by atoms with Crippen molar-refractivity contribution in [3.63, 3.8) is 0 Å². The van der Waals surface area contributed by atoms with Gasteiger partial charge >= 0.3 is 0 Å². The molecule has 0 spiro atoms. The van der Waals surface area contributed by atoms with Crippen LogP contribution in [0.2, 0.25) is 0 Å². The van der Waals surface area contributed by atoms with Crippen LogP contribution in [0, 0.1) is 11.7 Å². The van der Waals surface area contributed by atoms with Gasteiger partial charge in [-0.15, -0.1) is 0 Å². The third-order valence-electron chi connectivity index (χ3n) is 4.11. The molecule has 0 saturated carbocycles. The SMILES string of the molecule is [2H]C1([2H])Oc2ccc(OC[C@]3([2H])C(c4ccc(F)cc4)CCNC3([2H])[2H])cc2O1. The maximum absolute atomic E-state index is 13.3. The van der Waals surface area contributed by atoms with Gasteiger partial charge in [0.25, 0.3) is 0 Å². The molecule has 2 heterocycles. The molecule has 4 rings (SSSR count). The highest BCUT2D eigenvalue weighted by molar-refractivity contribution is 5.46. The standard InChI is InChI=1S/C19H20FNO3/c20-15-3-1-13(2-4-15)17-7-8-21-10-14(17)11-22-16-5-6-18-19(9-16)24-12-23-18/h1-6,9,14,17,21H,7-8,10-12H2/t14-,17?/m1/s1/i10D2,12D2,14D. The smallest absolute Gasteiger partial charge is 0.231 e. The van der Waals surface area contributed by atoms with E-state index >= 15 is 0 Å². The molecule has 2 aromatic rings. The normalized spacial score (nSPS) is 32.7. The highest BCUT2D eigenvalue weighted by Crippen LogP contribution is 2.36. The Morgan fingerprint density at radius 3 is 2.92 bits per heavy atom. The number of hydrogen-bond acceptors (Lipinski definition) is 4. The monoisotopic (exact) mass is 334 g/mol. The lowest BCUT2D eigenvalue weighted by Crippen LogP contribution is -2.38. The van der Waals surface area contributed by atoms with Crippen molar-refractivity contribution in [1.29, 1.82) is 0 Å². The van der Waals surface area contributed by atoms with E-state index in [-0.39, 0.29) is 18.1 Å². The fourth-order valence-corrected chi connectivity index (χ4v) is 2.87. The molecule has 5 heteroatoms. The lowest BCUT2D eigenvalue weighted by molar-refractivity contribution is 0.173. The summed E-state index contributed by atoms with van der Waals surface area (Å²) in [5.74, 6) is -1.88. The molecule has 1 fully saturated rings. The second kappa shape index (κ2) is 6.69. The Morgan fingerprint density at radius 1 is 1.21 bits per heavy atom. The van der Waals surface area contributed by atoms with Gasteiger partial charge in [0.05, 0.1) is 6.61 Å². The third kappa shape index (κ3) is 3.17. The van der Waals surface area contributed by atoms with E-state index < -0.39 is 30.9 Å². The van der Waals surface area contributed by atoms with Gasteiger partial charge in [-0.2, -0.15) is 0 Å². The van der Waals surface area contributed by atoms with Crippen molar-refractivity contribution in [2.75, 3.05) is 26.4 Å². The molecule has 0 radical (unpaired) electrons. The van der Waals surface area contributed by atoms with Crippen molar-refractivity contribution in [2.45, 2.75) is 12.3 Å². The lowest BCUT2D eigenvalue weighted by atomic mass is 9.81. The van der Waals surface area contributed by atoms with E-state index in [1.54, 1.807) is 18.2 Å². The molecule has 126 valence electrons. The third-order valence-corrected chi connectivity index (χ3v) is 4.11. The number of piperidine rings is 1. The molecule has 2 aliphatic rings. The lowest BCUT2D eigenvalue weighted by Gasteiger charge is -2.32. The van der Waals surface area contributed by atoms with Gasteiger partial charge in [0, 0.05) is 22.6 Å². The van der Waals surface area contributed by atoms with Gasteiger partial charge in [-0.3, -0.25) is 0 Å². The first kappa shape index (κ1) is 10.6. The molecule has 2 aliphatic heterocycles. The van der Waals surface area contributed by atoms with Gasteiger partial charge in [-0.25, -0.2) is 4.39 Å². The molecular weight excluding hydrogens is 309 g/mol. The van der Waals surface area contributed by atoms with Crippen molar-refractivity contribution < 1.29 is 25.5 Å². The summed E-state index contributed by atoms with van der Waals surface area (Å²) in [7, 11) is 0. The Labute approximate surface area is 147 Å². The summed E-state index contributed by atoms with van der Waals surface area (Å²) in [6.07, 6.45) is 0.499. The summed E-state index contributed by atoms with van der Waals surface area (Å²) >= 11 is 0. The summed E-state index contributed by atoms with van der Waals surface area (Å²) in [4.78, 5) is 0. The topological polar surface area (TPSA) is 39.7 Å². The van der Waals surface area contributed by atoms with Gasteiger partial charge < -0.3 is 19.5 Å². The number of ether oxygens (including phenoxy) is 3. The molecular formula is C19H20FNO3. The summed E-state index contributed by atoms with van der Waals surface area (Å²) in [5.41, 5.74) is 0.675. The van der Waals surface area contributed by atoms with Crippen molar-refractivity contribution in [3.05, 3.63) is 53.8 Å². The van der Waals surface area contributed by atoms with E-state index in [2.05, 4.69) is 5.32 Å². The average Bonchev–Trinajstić information content (AvgIpc) is 2.96. The van der Waals surface area contributed by atoms with Crippen LogP contribution in [0.3, 0.4) is 0 Å². The quantitative estimate of drug-likeness (QED) is 0.931. The van der Waals surface area contributed by atoms with Crippen molar-refractivity contribution in [2.24, 2.45) is 5.89 Å². The first-order chi connectivity index (χ1) is 13.6. The molecule has 0 aliphatic carbocycles. The van der Waals surface area contributed by atoms with Gasteiger partial charge in [-0.1, -0.05) is 12.1 Å². The van der Waals surface area contributed by atoms with Crippen LogP contribution in [0.15, 0.2) is 42.5 Å². The Morgan fingerprint density at radius 2 is 2.04 bits per heavy atom. The molecule has 1 N–H and O–H groups in total. The zero-order valence-corrected chi connectivity index (χ0v) is 12.8. The summed E-state index contributed by atoms with van der Waals surface area (Å²) < 4.78 is 69.8. The molecule has 1 saturated heterocycles. The highest BCUT2D eigenvalue weighted by atomic mass is 19.1. The Balaban J connectivity index is 1.58. The predicted octanol–water partition coefficient (Wildman–Crippen LogP) is 3.33. The van der Waals surface area contributed by atoms with Gasteiger partial charge in [0.15, 0.2) is 11.5 Å². The Bertz CT molecular complexity index is 911. The summed E-state index contributed by atoms with van der Waals surface area (Å²) in [5, 5.41) is 2.75. The number of fused-ring (bicyclic) bond motifs is 1. The molecule has 2 atom stereocenters. The van der Waals surface area contributed by atoms with Crippen LogP contribution in [0.5, 0.6) is 17.2 Å².